The Morgan fingerprint density at radius 2 is 2.06 bits per heavy atom. The van der Waals surface area contributed by atoms with Gasteiger partial charge in [0.25, 0.3) is 0 Å². The molecule has 156 valence electrons. The zero-order chi connectivity index (χ0) is 21.8. The average Bonchev–Trinajstić information content (AvgIpc) is 3.31. The Hall–Kier alpha value is -3.76. The van der Waals surface area contributed by atoms with Gasteiger partial charge in [-0.2, -0.15) is 5.26 Å². The fourth-order valence-corrected chi connectivity index (χ4v) is 4.20. The lowest BCUT2D eigenvalue weighted by Crippen LogP contribution is -2.20. The Kier molecular flexibility index (Phi) is 5.92. The molecule has 1 atom stereocenters. The molecule has 2 heterocycles. The van der Waals surface area contributed by atoms with Crippen molar-refractivity contribution in [2.75, 3.05) is 6.61 Å². The Labute approximate surface area is 184 Å². The predicted molar refractivity (Wildman–Crippen MR) is 117 cm³/mol. The summed E-state index contributed by atoms with van der Waals surface area (Å²) in [6.07, 6.45) is 0.876. The third kappa shape index (κ3) is 4.25. The largest absolute Gasteiger partial charge is 0.494 e. The van der Waals surface area contributed by atoms with Crippen LogP contribution in [-0.4, -0.2) is 12.6 Å². The van der Waals surface area contributed by atoms with Crippen LogP contribution in [0, 0.1) is 11.3 Å². The van der Waals surface area contributed by atoms with E-state index in [9.17, 15) is 10.1 Å². The number of fused-ring (bicyclic) bond motifs is 1. The summed E-state index contributed by atoms with van der Waals surface area (Å²) >= 11 is 1.54. The molecule has 0 fully saturated rings. The number of carbonyl (C=O) groups excluding carboxylic acids is 1. The van der Waals surface area contributed by atoms with E-state index in [2.05, 4.69) is 6.07 Å². The fraction of sp³-hybridized carbons (Fsp3) is 0.167. The summed E-state index contributed by atoms with van der Waals surface area (Å²) in [5.41, 5.74) is 7.56. The Balaban J connectivity index is 1.59. The molecule has 0 bridgehead atoms. The summed E-state index contributed by atoms with van der Waals surface area (Å²) in [6, 6.07) is 18.0. The molecule has 1 aromatic heterocycles. The predicted octanol–water partition coefficient (Wildman–Crippen LogP) is 4.97. The maximum atomic E-state index is 12.6. The molecule has 0 spiro atoms. The van der Waals surface area contributed by atoms with Crippen LogP contribution in [0.5, 0.6) is 17.2 Å². The van der Waals surface area contributed by atoms with Crippen molar-refractivity contribution in [3.05, 3.63) is 87.4 Å². The first kappa shape index (κ1) is 20.5. The molecule has 3 aromatic rings. The second-order valence-corrected chi connectivity index (χ2v) is 7.88. The normalized spacial score (nSPS) is 14.9. The summed E-state index contributed by atoms with van der Waals surface area (Å²) in [7, 11) is 0. The van der Waals surface area contributed by atoms with Crippen LogP contribution in [0.4, 0.5) is 0 Å². The number of ether oxygens (including phenoxy) is 3. The van der Waals surface area contributed by atoms with E-state index in [0.29, 0.717) is 35.0 Å². The maximum Gasteiger partial charge on any atom is 0.343 e. The van der Waals surface area contributed by atoms with E-state index in [1.54, 1.807) is 42.5 Å². The lowest BCUT2D eigenvalue weighted by atomic mass is 9.88. The van der Waals surface area contributed by atoms with Crippen LogP contribution in [0.3, 0.4) is 0 Å². The van der Waals surface area contributed by atoms with Crippen LogP contribution in [0.1, 0.15) is 40.1 Å². The minimum absolute atomic E-state index is 0.0534. The molecule has 0 saturated heterocycles. The molecule has 0 amide bonds. The van der Waals surface area contributed by atoms with Gasteiger partial charge in [-0.3, -0.25) is 0 Å². The number of nitrogens with two attached hydrogens (primary N) is 1. The van der Waals surface area contributed by atoms with Crippen LogP contribution in [0.25, 0.3) is 0 Å². The highest BCUT2D eigenvalue weighted by atomic mass is 32.1. The Morgan fingerprint density at radius 3 is 2.81 bits per heavy atom. The van der Waals surface area contributed by atoms with E-state index in [1.807, 2.05) is 24.4 Å². The summed E-state index contributed by atoms with van der Waals surface area (Å²) in [4.78, 5) is 13.6. The third-order valence-electron chi connectivity index (χ3n) is 4.77. The number of benzene rings is 2. The molecule has 31 heavy (non-hydrogen) atoms. The quantitative estimate of drug-likeness (QED) is 0.436. The third-order valence-corrected chi connectivity index (χ3v) is 5.71. The molecular formula is C24H20N2O4S. The van der Waals surface area contributed by atoms with Gasteiger partial charge in [-0.1, -0.05) is 25.1 Å². The second kappa shape index (κ2) is 8.94. The average molecular weight is 433 g/mol. The standard InChI is InChI=1S/C24H20N2O4S/c1-2-10-28-16-6-3-5-15(12-16)24(27)29-17-8-9-18-20(13-17)30-23(26)19(14-25)22(18)21-7-4-11-31-21/h3-9,11-13,22H,2,10,26H2,1H3. The minimum Gasteiger partial charge on any atom is -0.494 e. The van der Waals surface area contributed by atoms with Crippen molar-refractivity contribution in [3.8, 4) is 23.3 Å². The van der Waals surface area contributed by atoms with Crippen molar-refractivity contribution >= 4 is 17.3 Å². The fourth-order valence-electron chi connectivity index (χ4n) is 3.35. The van der Waals surface area contributed by atoms with E-state index >= 15 is 0 Å². The Bertz CT molecular complexity index is 1180. The van der Waals surface area contributed by atoms with Gasteiger partial charge in [0.2, 0.25) is 5.88 Å². The van der Waals surface area contributed by atoms with Crippen molar-refractivity contribution in [1.29, 1.82) is 5.26 Å². The zero-order valence-corrected chi connectivity index (χ0v) is 17.6. The number of rotatable bonds is 6. The molecule has 2 N–H and O–H groups in total. The van der Waals surface area contributed by atoms with Crippen molar-refractivity contribution in [3.63, 3.8) is 0 Å². The highest BCUT2D eigenvalue weighted by molar-refractivity contribution is 7.10. The second-order valence-electron chi connectivity index (χ2n) is 6.91. The molecule has 6 nitrogen and oxygen atoms in total. The van der Waals surface area contributed by atoms with Crippen molar-refractivity contribution in [2.45, 2.75) is 19.3 Å². The van der Waals surface area contributed by atoms with Crippen LogP contribution >= 0.6 is 11.3 Å². The number of allylic oxidation sites excluding steroid dienone is 1. The molecule has 0 radical (unpaired) electrons. The Morgan fingerprint density at radius 1 is 1.19 bits per heavy atom. The topological polar surface area (TPSA) is 94.6 Å². The highest BCUT2D eigenvalue weighted by Crippen LogP contribution is 2.44. The zero-order valence-electron chi connectivity index (χ0n) is 16.8. The molecule has 1 unspecified atom stereocenters. The molecule has 1 aliphatic rings. The van der Waals surface area contributed by atoms with Gasteiger partial charge in [-0.15, -0.1) is 11.3 Å². The summed E-state index contributed by atoms with van der Waals surface area (Å²) < 4.78 is 16.8. The minimum atomic E-state index is -0.506. The van der Waals surface area contributed by atoms with Gasteiger partial charge >= 0.3 is 5.97 Å². The van der Waals surface area contributed by atoms with Crippen LogP contribution in [0.15, 0.2) is 71.4 Å². The van der Waals surface area contributed by atoms with Gasteiger partial charge in [0.1, 0.15) is 28.9 Å². The van der Waals surface area contributed by atoms with Crippen molar-refractivity contribution < 1.29 is 19.0 Å². The van der Waals surface area contributed by atoms with Gasteiger partial charge < -0.3 is 19.9 Å². The maximum absolute atomic E-state index is 12.6. The van der Waals surface area contributed by atoms with Crippen molar-refractivity contribution in [2.24, 2.45) is 5.73 Å². The number of nitrogens with zero attached hydrogens (tertiary/aromatic N) is 1. The van der Waals surface area contributed by atoms with Crippen LogP contribution in [-0.2, 0) is 0 Å². The first-order chi connectivity index (χ1) is 15.1. The summed E-state index contributed by atoms with van der Waals surface area (Å²) in [6.45, 7) is 2.59. The molecule has 0 saturated carbocycles. The number of esters is 1. The van der Waals surface area contributed by atoms with Gasteiger partial charge in [-0.25, -0.2) is 4.79 Å². The summed E-state index contributed by atoms with van der Waals surface area (Å²) in [5.74, 6) is 0.630. The summed E-state index contributed by atoms with van der Waals surface area (Å²) in [5, 5.41) is 11.5. The smallest absolute Gasteiger partial charge is 0.343 e. The van der Waals surface area contributed by atoms with E-state index in [0.717, 1.165) is 16.9 Å². The monoisotopic (exact) mass is 432 g/mol. The van der Waals surface area contributed by atoms with E-state index < -0.39 is 5.97 Å². The van der Waals surface area contributed by atoms with Gasteiger partial charge in [-0.05, 0) is 42.1 Å². The SMILES string of the molecule is CCCOc1cccc(C(=O)Oc2ccc3c(c2)OC(N)=C(C#N)C3c2cccs2)c1. The van der Waals surface area contributed by atoms with Gasteiger partial charge in [0, 0.05) is 16.5 Å². The highest BCUT2D eigenvalue weighted by Gasteiger charge is 2.31. The number of hydrogen-bond donors (Lipinski definition) is 1. The van der Waals surface area contributed by atoms with E-state index in [4.69, 9.17) is 19.9 Å². The molecule has 0 aliphatic carbocycles. The number of carbonyl (C=O) groups is 1. The number of hydrogen-bond acceptors (Lipinski definition) is 7. The van der Waals surface area contributed by atoms with E-state index in [-0.39, 0.29) is 11.8 Å². The number of thiophene rings is 1. The van der Waals surface area contributed by atoms with Crippen molar-refractivity contribution in [1.82, 2.24) is 0 Å². The molecule has 1 aliphatic heterocycles. The van der Waals surface area contributed by atoms with Crippen LogP contribution in [0.2, 0.25) is 0 Å². The lowest BCUT2D eigenvalue weighted by Gasteiger charge is -2.25. The first-order valence-corrected chi connectivity index (χ1v) is 10.7. The molecule has 4 rings (SSSR count). The first-order valence-electron chi connectivity index (χ1n) is 9.80. The molecular weight excluding hydrogens is 412 g/mol. The van der Waals surface area contributed by atoms with E-state index in [1.165, 1.54) is 11.3 Å². The van der Waals surface area contributed by atoms with Crippen LogP contribution < -0.4 is 19.9 Å². The lowest BCUT2D eigenvalue weighted by molar-refractivity contribution is 0.0734. The number of nitriles is 1. The molecule has 7 heteroatoms. The van der Waals surface area contributed by atoms with Gasteiger partial charge in [0.05, 0.1) is 18.1 Å². The van der Waals surface area contributed by atoms with Gasteiger partial charge in [0.15, 0.2) is 0 Å². The molecule has 2 aromatic carbocycles.